The molecule has 0 bridgehead atoms. The lowest BCUT2D eigenvalue weighted by Gasteiger charge is -2.09. The van der Waals surface area contributed by atoms with Gasteiger partial charge in [0.25, 0.3) is 0 Å². The number of carbonyl (C=O) groups excluding carboxylic acids is 3. The van der Waals surface area contributed by atoms with Gasteiger partial charge in [-0.1, -0.05) is 24.3 Å². The molecule has 1 amide bonds. The standard InChI is InChI=1S/C24H23FN2O4/c1-15-21(12-19-9-10-20(25)13-22(19)27-15)24(30)31-14-23(29)18-7-5-17(6-8-18)4-3-11-26-16(2)28/h5-10,12-13H,3-4,11,14H2,1-2H3,(H,26,28). The summed E-state index contributed by atoms with van der Waals surface area (Å²) in [6, 6.07) is 12.8. The Labute approximate surface area is 179 Å². The van der Waals surface area contributed by atoms with Crippen molar-refractivity contribution in [3.8, 4) is 0 Å². The zero-order valence-electron chi connectivity index (χ0n) is 17.4. The quantitative estimate of drug-likeness (QED) is 0.339. The van der Waals surface area contributed by atoms with Gasteiger partial charge in [0.05, 0.1) is 16.8 Å². The van der Waals surface area contributed by atoms with Crippen molar-refractivity contribution in [1.29, 1.82) is 0 Å². The monoisotopic (exact) mass is 422 g/mol. The van der Waals surface area contributed by atoms with Crippen LogP contribution in [0.2, 0.25) is 0 Å². The molecule has 7 heteroatoms. The van der Waals surface area contributed by atoms with Gasteiger partial charge in [-0.3, -0.25) is 14.6 Å². The number of ether oxygens (including phenoxy) is 1. The molecule has 0 aliphatic rings. The van der Waals surface area contributed by atoms with Crippen molar-refractivity contribution in [1.82, 2.24) is 10.3 Å². The molecular weight excluding hydrogens is 399 g/mol. The highest BCUT2D eigenvalue weighted by Gasteiger charge is 2.16. The zero-order valence-corrected chi connectivity index (χ0v) is 17.4. The van der Waals surface area contributed by atoms with E-state index in [1.165, 1.54) is 25.1 Å². The zero-order chi connectivity index (χ0) is 22.4. The second kappa shape index (κ2) is 9.93. The number of carbonyl (C=O) groups is 3. The van der Waals surface area contributed by atoms with Crippen molar-refractivity contribution < 1.29 is 23.5 Å². The molecule has 3 aromatic rings. The Morgan fingerprint density at radius 1 is 1.06 bits per heavy atom. The second-order valence-corrected chi connectivity index (χ2v) is 7.24. The predicted molar refractivity (Wildman–Crippen MR) is 114 cm³/mol. The molecule has 0 atom stereocenters. The van der Waals surface area contributed by atoms with Gasteiger partial charge in [-0.25, -0.2) is 9.18 Å². The van der Waals surface area contributed by atoms with E-state index < -0.39 is 11.8 Å². The molecule has 0 spiro atoms. The van der Waals surface area contributed by atoms with E-state index >= 15 is 0 Å². The van der Waals surface area contributed by atoms with E-state index in [0.29, 0.717) is 28.7 Å². The van der Waals surface area contributed by atoms with Gasteiger partial charge in [0.2, 0.25) is 5.91 Å². The lowest BCUT2D eigenvalue weighted by molar-refractivity contribution is -0.118. The fourth-order valence-corrected chi connectivity index (χ4v) is 3.15. The normalized spacial score (nSPS) is 10.7. The van der Waals surface area contributed by atoms with Gasteiger partial charge >= 0.3 is 5.97 Å². The smallest absolute Gasteiger partial charge is 0.340 e. The summed E-state index contributed by atoms with van der Waals surface area (Å²) in [5.41, 5.74) is 2.58. The number of aromatic nitrogens is 1. The SMILES string of the molecule is CC(=O)NCCCc1ccc(C(=O)COC(=O)c2cc3ccc(F)cc3nc2C)cc1. The van der Waals surface area contributed by atoms with Crippen LogP contribution in [0.3, 0.4) is 0 Å². The summed E-state index contributed by atoms with van der Waals surface area (Å²) in [7, 11) is 0. The van der Waals surface area contributed by atoms with Crippen LogP contribution in [0.5, 0.6) is 0 Å². The third-order valence-electron chi connectivity index (χ3n) is 4.82. The number of rotatable bonds is 8. The molecule has 160 valence electrons. The minimum absolute atomic E-state index is 0.0564. The van der Waals surface area contributed by atoms with Crippen LogP contribution >= 0.6 is 0 Å². The van der Waals surface area contributed by atoms with Gasteiger partial charge < -0.3 is 10.1 Å². The van der Waals surface area contributed by atoms with Crippen molar-refractivity contribution in [3.05, 3.63) is 76.7 Å². The van der Waals surface area contributed by atoms with Crippen LogP contribution in [-0.2, 0) is 16.0 Å². The maximum atomic E-state index is 13.3. The molecule has 6 nitrogen and oxygen atoms in total. The molecule has 0 fully saturated rings. The van der Waals surface area contributed by atoms with E-state index in [1.807, 2.05) is 12.1 Å². The van der Waals surface area contributed by atoms with Crippen molar-refractivity contribution in [2.75, 3.05) is 13.2 Å². The van der Waals surface area contributed by atoms with E-state index in [4.69, 9.17) is 4.74 Å². The molecule has 31 heavy (non-hydrogen) atoms. The van der Waals surface area contributed by atoms with E-state index in [2.05, 4.69) is 10.3 Å². The number of halogens is 1. The molecule has 1 heterocycles. The lowest BCUT2D eigenvalue weighted by Crippen LogP contribution is -2.21. The number of pyridine rings is 1. The number of hydrogen-bond donors (Lipinski definition) is 1. The van der Waals surface area contributed by atoms with Crippen molar-refractivity contribution in [2.24, 2.45) is 0 Å². The fourth-order valence-electron chi connectivity index (χ4n) is 3.15. The molecule has 0 saturated carbocycles. The van der Waals surface area contributed by atoms with Crippen LogP contribution in [0.25, 0.3) is 10.9 Å². The average molecular weight is 422 g/mol. The van der Waals surface area contributed by atoms with Crippen LogP contribution in [0.15, 0.2) is 48.5 Å². The van der Waals surface area contributed by atoms with Gasteiger partial charge in [0, 0.05) is 30.5 Å². The fraction of sp³-hybridized carbons (Fsp3) is 0.250. The molecule has 0 saturated heterocycles. The Bertz CT molecular complexity index is 1130. The van der Waals surface area contributed by atoms with Gasteiger partial charge in [0.15, 0.2) is 12.4 Å². The number of ketones is 1. The largest absolute Gasteiger partial charge is 0.454 e. The Morgan fingerprint density at radius 3 is 2.52 bits per heavy atom. The molecule has 0 aliphatic heterocycles. The number of nitrogens with one attached hydrogen (secondary N) is 1. The number of aryl methyl sites for hydroxylation is 2. The molecule has 0 aliphatic carbocycles. The Morgan fingerprint density at radius 2 is 1.81 bits per heavy atom. The second-order valence-electron chi connectivity index (χ2n) is 7.24. The highest BCUT2D eigenvalue weighted by molar-refractivity contribution is 6.00. The Kier molecular flexibility index (Phi) is 7.07. The first-order chi connectivity index (χ1) is 14.8. The van der Waals surface area contributed by atoms with Crippen LogP contribution < -0.4 is 5.32 Å². The summed E-state index contributed by atoms with van der Waals surface area (Å²) in [6.07, 6.45) is 1.58. The summed E-state index contributed by atoms with van der Waals surface area (Å²) >= 11 is 0. The van der Waals surface area contributed by atoms with Crippen molar-refractivity contribution in [2.45, 2.75) is 26.7 Å². The molecule has 1 aromatic heterocycles. The third kappa shape index (κ3) is 5.94. The van der Waals surface area contributed by atoms with Gasteiger partial charge in [-0.05, 0) is 43.5 Å². The predicted octanol–water partition coefficient (Wildman–Crippen LogP) is 3.79. The molecular formula is C24H23FN2O4. The number of amides is 1. The van der Waals surface area contributed by atoms with E-state index in [9.17, 15) is 18.8 Å². The molecule has 0 unspecified atom stereocenters. The summed E-state index contributed by atoms with van der Waals surface area (Å²) in [6.45, 7) is 3.32. The number of benzene rings is 2. The van der Waals surface area contributed by atoms with Crippen LogP contribution in [-0.4, -0.2) is 35.8 Å². The summed E-state index contributed by atoms with van der Waals surface area (Å²) in [4.78, 5) is 39.9. The summed E-state index contributed by atoms with van der Waals surface area (Å²) in [5.74, 6) is -1.43. The minimum Gasteiger partial charge on any atom is -0.454 e. The molecule has 2 aromatic carbocycles. The number of Topliss-reactive ketones (excluding diaryl/α,β-unsaturated/α-hetero) is 1. The summed E-state index contributed by atoms with van der Waals surface area (Å²) in [5, 5.41) is 3.35. The average Bonchev–Trinajstić information content (AvgIpc) is 2.74. The molecule has 1 N–H and O–H groups in total. The van der Waals surface area contributed by atoms with Crippen molar-refractivity contribution in [3.63, 3.8) is 0 Å². The van der Waals surface area contributed by atoms with Crippen LogP contribution in [0, 0.1) is 12.7 Å². The van der Waals surface area contributed by atoms with Crippen LogP contribution in [0.4, 0.5) is 4.39 Å². The summed E-state index contributed by atoms with van der Waals surface area (Å²) < 4.78 is 18.5. The third-order valence-corrected chi connectivity index (χ3v) is 4.82. The maximum absolute atomic E-state index is 13.3. The van der Waals surface area contributed by atoms with Gasteiger partial charge in [-0.2, -0.15) is 0 Å². The first-order valence-corrected chi connectivity index (χ1v) is 9.94. The molecule has 0 radical (unpaired) electrons. The molecule has 3 rings (SSSR count). The maximum Gasteiger partial charge on any atom is 0.340 e. The highest BCUT2D eigenvalue weighted by atomic mass is 19.1. The first kappa shape index (κ1) is 22.1. The van der Waals surface area contributed by atoms with E-state index in [0.717, 1.165) is 18.4 Å². The first-order valence-electron chi connectivity index (χ1n) is 9.94. The Hall–Kier alpha value is -3.61. The van der Waals surface area contributed by atoms with Gasteiger partial charge in [0.1, 0.15) is 5.82 Å². The number of esters is 1. The Balaban J connectivity index is 1.57. The lowest BCUT2D eigenvalue weighted by atomic mass is 10.1. The topological polar surface area (TPSA) is 85.4 Å². The van der Waals surface area contributed by atoms with E-state index in [-0.39, 0.29) is 23.9 Å². The van der Waals surface area contributed by atoms with Crippen molar-refractivity contribution >= 4 is 28.6 Å². The number of hydrogen-bond acceptors (Lipinski definition) is 5. The van der Waals surface area contributed by atoms with E-state index in [1.54, 1.807) is 25.1 Å². The van der Waals surface area contributed by atoms with Gasteiger partial charge in [-0.15, -0.1) is 0 Å². The number of fused-ring (bicyclic) bond motifs is 1. The number of nitrogens with zero attached hydrogens (tertiary/aromatic N) is 1. The van der Waals surface area contributed by atoms with Crippen LogP contribution in [0.1, 0.15) is 45.3 Å². The highest BCUT2D eigenvalue weighted by Crippen LogP contribution is 2.18. The minimum atomic E-state index is -0.654.